The van der Waals surface area contributed by atoms with Crippen LogP contribution in [0.15, 0.2) is 30.9 Å². The Morgan fingerprint density at radius 3 is 2.83 bits per heavy atom. The van der Waals surface area contributed by atoms with Gasteiger partial charge in [0.2, 0.25) is 0 Å². The molecule has 9 nitrogen and oxygen atoms in total. The molecule has 118 valence electrons. The Balaban J connectivity index is 1.96. The number of nitrogens with two attached hydrogens (primary N) is 1. The summed E-state index contributed by atoms with van der Waals surface area (Å²) >= 11 is 0. The van der Waals surface area contributed by atoms with Gasteiger partial charge in [-0.05, 0) is 25.1 Å². The summed E-state index contributed by atoms with van der Waals surface area (Å²) in [5, 5.41) is 17.1. The Labute approximate surface area is 131 Å². The van der Waals surface area contributed by atoms with Gasteiger partial charge in [0.05, 0.1) is 17.1 Å². The van der Waals surface area contributed by atoms with Gasteiger partial charge in [0.25, 0.3) is 0 Å². The molecule has 0 aliphatic carbocycles. The predicted octanol–water partition coefficient (Wildman–Crippen LogP) is 0.669. The number of fused-ring (bicyclic) bond motifs is 1. The van der Waals surface area contributed by atoms with E-state index < -0.39 is 5.97 Å². The molecule has 3 aromatic heterocycles. The van der Waals surface area contributed by atoms with Crippen molar-refractivity contribution in [1.29, 1.82) is 0 Å². The van der Waals surface area contributed by atoms with Crippen molar-refractivity contribution < 1.29 is 9.90 Å². The highest BCUT2D eigenvalue weighted by Crippen LogP contribution is 2.20. The van der Waals surface area contributed by atoms with Gasteiger partial charge in [-0.2, -0.15) is 9.78 Å². The SMILES string of the molecule is NCCCNc1ncnc2c1cnn2-c1ccc(C(=O)O)cn1. The summed E-state index contributed by atoms with van der Waals surface area (Å²) in [6, 6.07) is 3.05. The summed E-state index contributed by atoms with van der Waals surface area (Å²) in [6.45, 7) is 1.31. The Hall–Kier alpha value is -3.07. The van der Waals surface area contributed by atoms with E-state index in [1.807, 2.05) is 0 Å². The normalized spacial score (nSPS) is 10.8. The van der Waals surface area contributed by atoms with Crippen LogP contribution < -0.4 is 11.1 Å². The number of pyridine rings is 1. The summed E-state index contributed by atoms with van der Waals surface area (Å²) in [5.41, 5.74) is 6.18. The minimum absolute atomic E-state index is 0.115. The topological polar surface area (TPSA) is 132 Å². The third-order valence-electron chi connectivity index (χ3n) is 3.25. The van der Waals surface area contributed by atoms with Crippen LogP contribution in [-0.4, -0.2) is 48.9 Å². The molecule has 0 fully saturated rings. The third kappa shape index (κ3) is 2.94. The fraction of sp³-hybridized carbons (Fsp3) is 0.214. The summed E-state index contributed by atoms with van der Waals surface area (Å²) in [5.74, 6) is 0.136. The standard InChI is InChI=1S/C14H15N7O2/c15-4-1-5-16-12-10-7-20-21(13(10)19-8-18-12)11-3-2-9(6-17-11)14(22)23/h2-3,6-8H,1,4-5,15H2,(H,22,23)(H,16,18,19). The molecular weight excluding hydrogens is 298 g/mol. The lowest BCUT2D eigenvalue weighted by molar-refractivity contribution is 0.0696. The Morgan fingerprint density at radius 2 is 2.13 bits per heavy atom. The van der Waals surface area contributed by atoms with E-state index in [1.165, 1.54) is 23.3 Å². The molecule has 0 aliphatic rings. The average molecular weight is 313 g/mol. The molecule has 4 N–H and O–H groups in total. The minimum atomic E-state index is -1.02. The second kappa shape index (κ2) is 6.36. The smallest absolute Gasteiger partial charge is 0.337 e. The average Bonchev–Trinajstić information content (AvgIpc) is 3.00. The number of carboxylic acids is 1. The van der Waals surface area contributed by atoms with Gasteiger partial charge < -0.3 is 16.2 Å². The first kappa shape index (κ1) is 14.9. The molecule has 0 unspecified atom stereocenters. The van der Waals surface area contributed by atoms with E-state index in [9.17, 15) is 4.79 Å². The summed E-state index contributed by atoms with van der Waals surface area (Å²) in [6.07, 6.45) is 5.20. The van der Waals surface area contributed by atoms with Crippen LogP contribution in [0.25, 0.3) is 16.9 Å². The van der Waals surface area contributed by atoms with Gasteiger partial charge >= 0.3 is 5.97 Å². The largest absolute Gasteiger partial charge is 0.478 e. The van der Waals surface area contributed by atoms with E-state index in [0.717, 1.165) is 11.8 Å². The maximum absolute atomic E-state index is 10.9. The number of hydrogen-bond acceptors (Lipinski definition) is 7. The van der Waals surface area contributed by atoms with Crippen LogP contribution in [0.1, 0.15) is 16.8 Å². The van der Waals surface area contributed by atoms with Crippen LogP contribution in [0.4, 0.5) is 5.82 Å². The third-order valence-corrected chi connectivity index (χ3v) is 3.25. The van der Waals surface area contributed by atoms with E-state index in [1.54, 1.807) is 12.3 Å². The van der Waals surface area contributed by atoms with E-state index in [0.29, 0.717) is 30.4 Å². The van der Waals surface area contributed by atoms with Crippen LogP contribution >= 0.6 is 0 Å². The van der Waals surface area contributed by atoms with E-state index in [4.69, 9.17) is 10.8 Å². The first-order valence-corrected chi connectivity index (χ1v) is 7.03. The van der Waals surface area contributed by atoms with E-state index in [-0.39, 0.29) is 5.56 Å². The maximum atomic E-state index is 10.9. The van der Waals surface area contributed by atoms with Crippen molar-refractivity contribution in [2.45, 2.75) is 6.42 Å². The highest BCUT2D eigenvalue weighted by Gasteiger charge is 2.12. The number of nitrogens with one attached hydrogen (secondary N) is 1. The summed E-state index contributed by atoms with van der Waals surface area (Å²) < 4.78 is 1.54. The van der Waals surface area contributed by atoms with Crippen LogP contribution in [0.2, 0.25) is 0 Å². The van der Waals surface area contributed by atoms with Crippen molar-refractivity contribution in [3.8, 4) is 5.82 Å². The minimum Gasteiger partial charge on any atom is -0.478 e. The molecule has 0 spiro atoms. The van der Waals surface area contributed by atoms with Crippen molar-refractivity contribution in [3.63, 3.8) is 0 Å². The molecule has 0 atom stereocenters. The molecule has 0 bridgehead atoms. The second-order valence-electron chi connectivity index (χ2n) is 4.80. The molecule has 0 saturated heterocycles. The second-order valence-corrected chi connectivity index (χ2v) is 4.80. The van der Waals surface area contributed by atoms with Gasteiger partial charge in [-0.25, -0.2) is 19.7 Å². The van der Waals surface area contributed by atoms with Gasteiger partial charge in [-0.15, -0.1) is 0 Å². The molecule has 0 aromatic carbocycles. The molecule has 23 heavy (non-hydrogen) atoms. The van der Waals surface area contributed by atoms with Crippen LogP contribution in [0.5, 0.6) is 0 Å². The molecule has 9 heteroatoms. The quantitative estimate of drug-likeness (QED) is 0.566. The van der Waals surface area contributed by atoms with Crippen molar-refractivity contribution in [3.05, 3.63) is 36.4 Å². The number of anilines is 1. The molecule has 3 rings (SSSR count). The number of carboxylic acid groups (broad SMARTS) is 1. The van der Waals surface area contributed by atoms with Crippen LogP contribution in [-0.2, 0) is 0 Å². The lowest BCUT2D eigenvalue weighted by atomic mass is 10.3. The zero-order valence-electron chi connectivity index (χ0n) is 12.2. The molecule has 0 aliphatic heterocycles. The Kier molecular flexibility index (Phi) is 4.11. The number of carbonyl (C=O) groups is 1. The molecule has 3 aromatic rings. The Morgan fingerprint density at radius 1 is 1.26 bits per heavy atom. The zero-order valence-corrected chi connectivity index (χ0v) is 12.2. The number of hydrogen-bond donors (Lipinski definition) is 3. The molecule has 0 saturated carbocycles. The predicted molar refractivity (Wildman–Crippen MR) is 83.6 cm³/mol. The van der Waals surface area contributed by atoms with Crippen molar-refractivity contribution in [1.82, 2.24) is 24.7 Å². The Bertz CT molecular complexity index is 829. The van der Waals surface area contributed by atoms with Crippen molar-refractivity contribution >= 4 is 22.8 Å². The van der Waals surface area contributed by atoms with Gasteiger partial charge in [0.1, 0.15) is 12.1 Å². The summed E-state index contributed by atoms with van der Waals surface area (Å²) in [7, 11) is 0. The first-order chi connectivity index (χ1) is 11.2. The van der Waals surface area contributed by atoms with Gasteiger partial charge in [-0.3, -0.25) is 0 Å². The van der Waals surface area contributed by atoms with Crippen LogP contribution in [0.3, 0.4) is 0 Å². The van der Waals surface area contributed by atoms with Crippen molar-refractivity contribution in [2.24, 2.45) is 5.73 Å². The summed E-state index contributed by atoms with van der Waals surface area (Å²) in [4.78, 5) is 23.4. The van der Waals surface area contributed by atoms with E-state index in [2.05, 4.69) is 25.4 Å². The zero-order chi connectivity index (χ0) is 16.2. The lowest BCUT2D eigenvalue weighted by Crippen LogP contribution is -2.09. The van der Waals surface area contributed by atoms with Gasteiger partial charge in [0.15, 0.2) is 11.5 Å². The lowest BCUT2D eigenvalue weighted by Gasteiger charge is -2.06. The van der Waals surface area contributed by atoms with E-state index >= 15 is 0 Å². The molecule has 3 heterocycles. The molecule has 0 radical (unpaired) electrons. The number of rotatable bonds is 6. The fourth-order valence-electron chi connectivity index (χ4n) is 2.10. The highest BCUT2D eigenvalue weighted by molar-refractivity contribution is 5.88. The van der Waals surface area contributed by atoms with Crippen molar-refractivity contribution in [2.75, 3.05) is 18.4 Å². The first-order valence-electron chi connectivity index (χ1n) is 7.03. The number of aromatic carboxylic acids is 1. The number of aromatic nitrogens is 5. The van der Waals surface area contributed by atoms with Crippen LogP contribution in [0, 0.1) is 0 Å². The number of nitrogens with zero attached hydrogens (tertiary/aromatic N) is 5. The highest BCUT2D eigenvalue weighted by atomic mass is 16.4. The maximum Gasteiger partial charge on any atom is 0.337 e. The fourth-order valence-corrected chi connectivity index (χ4v) is 2.10. The molecular formula is C14H15N7O2. The van der Waals surface area contributed by atoms with Gasteiger partial charge in [-0.1, -0.05) is 0 Å². The van der Waals surface area contributed by atoms with Gasteiger partial charge in [0, 0.05) is 12.7 Å². The molecule has 0 amide bonds. The monoisotopic (exact) mass is 313 g/mol.